The first-order valence-corrected chi connectivity index (χ1v) is 8.11. The van der Waals surface area contributed by atoms with Gasteiger partial charge in [0.15, 0.2) is 0 Å². The van der Waals surface area contributed by atoms with E-state index in [0.717, 1.165) is 27.2 Å². The predicted molar refractivity (Wildman–Crippen MR) is 90.4 cm³/mol. The van der Waals surface area contributed by atoms with Crippen molar-refractivity contribution in [1.29, 1.82) is 0 Å². The van der Waals surface area contributed by atoms with Crippen LogP contribution in [0.1, 0.15) is 29.7 Å². The van der Waals surface area contributed by atoms with Gasteiger partial charge in [0.25, 0.3) is 0 Å². The Hall–Kier alpha value is -0.900. The Labute approximate surface area is 138 Å². The molecule has 0 saturated heterocycles. The third kappa shape index (κ3) is 4.29. The molecule has 1 atom stereocenters. The van der Waals surface area contributed by atoms with Crippen LogP contribution >= 0.6 is 27.5 Å². The molecule has 2 rings (SSSR count). The molecule has 112 valence electrons. The smallest absolute Gasteiger partial charge is 0.126 e. The number of likely N-dealkylation sites (N-methyl/N-ethyl adjacent to an activating group) is 1. The van der Waals surface area contributed by atoms with Gasteiger partial charge in [-0.15, -0.1) is 0 Å². The molecule has 21 heavy (non-hydrogen) atoms. The summed E-state index contributed by atoms with van der Waals surface area (Å²) in [7, 11) is 0. The monoisotopic (exact) mass is 369 g/mol. The minimum atomic E-state index is -0.173. The summed E-state index contributed by atoms with van der Waals surface area (Å²) in [6.45, 7) is 4.90. The molecule has 0 aliphatic rings. The minimum absolute atomic E-state index is 0.0658. The van der Waals surface area contributed by atoms with Crippen LogP contribution in [0.25, 0.3) is 0 Å². The third-order valence-corrected chi connectivity index (χ3v) is 4.22. The van der Waals surface area contributed by atoms with Crippen LogP contribution in [0, 0.1) is 12.7 Å². The van der Waals surface area contributed by atoms with Crippen molar-refractivity contribution in [3.8, 4) is 0 Å². The molecule has 0 amide bonds. The minimum Gasteiger partial charge on any atom is -0.310 e. The van der Waals surface area contributed by atoms with Crippen LogP contribution in [0.3, 0.4) is 0 Å². The number of aryl methyl sites for hydroxylation is 1. The molecular formula is C17H18BrClFN. The van der Waals surface area contributed by atoms with E-state index < -0.39 is 0 Å². The number of rotatable bonds is 5. The van der Waals surface area contributed by atoms with E-state index in [1.807, 2.05) is 31.2 Å². The molecule has 0 bridgehead atoms. The number of hydrogen-bond donors (Lipinski definition) is 1. The van der Waals surface area contributed by atoms with Gasteiger partial charge >= 0.3 is 0 Å². The van der Waals surface area contributed by atoms with Gasteiger partial charge in [-0.1, -0.05) is 40.5 Å². The van der Waals surface area contributed by atoms with E-state index in [9.17, 15) is 4.39 Å². The molecule has 1 unspecified atom stereocenters. The molecule has 0 fully saturated rings. The van der Waals surface area contributed by atoms with Crippen LogP contribution in [0.2, 0.25) is 5.02 Å². The predicted octanol–water partition coefficient (Wildman–Crippen LogP) is 5.44. The Bertz CT molecular complexity index is 630. The van der Waals surface area contributed by atoms with Crippen LogP contribution in [-0.2, 0) is 6.42 Å². The topological polar surface area (TPSA) is 12.0 Å². The lowest BCUT2D eigenvalue weighted by Gasteiger charge is -2.21. The number of benzene rings is 2. The molecule has 0 spiro atoms. The average Bonchev–Trinajstić information content (AvgIpc) is 2.42. The second kappa shape index (κ2) is 7.39. The van der Waals surface area contributed by atoms with E-state index in [-0.39, 0.29) is 11.9 Å². The van der Waals surface area contributed by atoms with E-state index in [1.165, 1.54) is 6.07 Å². The average molecular weight is 371 g/mol. The van der Waals surface area contributed by atoms with Crippen molar-refractivity contribution >= 4 is 27.5 Å². The number of halogens is 3. The zero-order chi connectivity index (χ0) is 15.4. The summed E-state index contributed by atoms with van der Waals surface area (Å²) in [5.41, 5.74) is 2.97. The van der Waals surface area contributed by atoms with E-state index >= 15 is 0 Å². The molecule has 0 heterocycles. The van der Waals surface area contributed by atoms with Crippen LogP contribution in [0.4, 0.5) is 4.39 Å². The van der Waals surface area contributed by atoms with Gasteiger partial charge in [-0.3, -0.25) is 0 Å². The maximum absolute atomic E-state index is 14.0. The fraction of sp³-hybridized carbons (Fsp3) is 0.294. The van der Waals surface area contributed by atoms with Crippen molar-refractivity contribution in [3.05, 3.63) is 68.4 Å². The van der Waals surface area contributed by atoms with E-state index in [4.69, 9.17) is 11.6 Å². The Morgan fingerprint density at radius 2 is 2.00 bits per heavy atom. The lowest BCUT2D eigenvalue weighted by atomic mass is 9.95. The zero-order valence-electron chi connectivity index (χ0n) is 12.1. The normalized spacial score (nSPS) is 12.4. The number of nitrogens with one attached hydrogen (secondary N) is 1. The standard InChI is InChI=1S/C17H18BrClFN/c1-3-21-17(15-6-5-14(19)8-11(15)2)10-12-9-13(18)4-7-16(12)20/h4-9,17,21H,3,10H2,1-2H3. The Balaban J connectivity index is 2.32. The second-order valence-corrected chi connectivity index (χ2v) is 6.40. The molecule has 0 aromatic heterocycles. The van der Waals surface area contributed by atoms with Gasteiger partial charge in [0.2, 0.25) is 0 Å². The SMILES string of the molecule is CCNC(Cc1cc(Br)ccc1F)c1ccc(Cl)cc1C. The van der Waals surface area contributed by atoms with Crippen LogP contribution < -0.4 is 5.32 Å². The van der Waals surface area contributed by atoms with Crippen LogP contribution in [-0.4, -0.2) is 6.54 Å². The van der Waals surface area contributed by atoms with Crippen molar-refractivity contribution in [2.45, 2.75) is 26.3 Å². The molecule has 0 aliphatic heterocycles. The van der Waals surface area contributed by atoms with E-state index in [0.29, 0.717) is 12.0 Å². The maximum Gasteiger partial charge on any atom is 0.126 e. The lowest BCUT2D eigenvalue weighted by Crippen LogP contribution is -2.24. The highest BCUT2D eigenvalue weighted by molar-refractivity contribution is 9.10. The summed E-state index contributed by atoms with van der Waals surface area (Å²) in [6.07, 6.45) is 0.599. The van der Waals surface area contributed by atoms with Crippen molar-refractivity contribution in [1.82, 2.24) is 5.32 Å². The summed E-state index contributed by atoms with van der Waals surface area (Å²) in [5.74, 6) is -0.173. The molecular weight excluding hydrogens is 353 g/mol. The largest absolute Gasteiger partial charge is 0.310 e. The van der Waals surface area contributed by atoms with Crippen molar-refractivity contribution in [2.75, 3.05) is 6.54 Å². The second-order valence-electron chi connectivity index (χ2n) is 5.05. The van der Waals surface area contributed by atoms with Crippen molar-refractivity contribution in [3.63, 3.8) is 0 Å². The van der Waals surface area contributed by atoms with Crippen LogP contribution in [0.15, 0.2) is 40.9 Å². The molecule has 1 N–H and O–H groups in total. The third-order valence-electron chi connectivity index (χ3n) is 3.49. The Morgan fingerprint density at radius 3 is 2.67 bits per heavy atom. The fourth-order valence-electron chi connectivity index (χ4n) is 2.49. The van der Waals surface area contributed by atoms with Crippen molar-refractivity contribution < 1.29 is 4.39 Å². The van der Waals surface area contributed by atoms with Gasteiger partial charge in [-0.2, -0.15) is 0 Å². The van der Waals surface area contributed by atoms with Gasteiger partial charge in [-0.05, 0) is 66.9 Å². The van der Waals surface area contributed by atoms with Gasteiger partial charge in [0.1, 0.15) is 5.82 Å². The molecule has 2 aromatic rings. The van der Waals surface area contributed by atoms with E-state index in [1.54, 1.807) is 6.07 Å². The van der Waals surface area contributed by atoms with Crippen LogP contribution in [0.5, 0.6) is 0 Å². The highest BCUT2D eigenvalue weighted by Crippen LogP contribution is 2.26. The molecule has 0 saturated carbocycles. The quantitative estimate of drug-likeness (QED) is 0.738. The highest BCUT2D eigenvalue weighted by atomic mass is 79.9. The van der Waals surface area contributed by atoms with Gasteiger partial charge in [0.05, 0.1) is 0 Å². The van der Waals surface area contributed by atoms with Gasteiger partial charge in [-0.25, -0.2) is 4.39 Å². The summed E-state index contributed by atoms with van der Waals surface area (Å²) in [6, 6.07) is 11.0. The number of hydrogen-bond acceptors (Lipinski definition) is 1. The summed E-state index contributed by atoms with van der Waals surface area (Å²) >= 11 is 9.42. The molecule has 0 radical (unpaired) electrons. The highest BCUT2D eigenvalue weighted by Gasteiger charge is 2.16. The fourth-order valence-corrected chi connectivity index (χ4v) is 3.12. The van der Waals surface area contributed by atoms with E-state index in [2.05, 4.69) is 28.2 Å². The zero-order valence-corrected chi connectivity index (χ0v) is 14.4. The molecule has 4 heteroatoms. The Kier molecular flexibility index (Phi) is 5.80. The Morgan fingerprint density at radius 1 is 1.24 bits per heavy atom. The van der Waals surface area contributed by atoms with Gasteiger partial charge in [0, 0.05) is 15.5 Å². The van der Waals surface area contributed by atoms with Crippen molar-refractivity contribution in [2.24, 2.45) is 0 Å². The summed E-state index contributed by atoms with van der Waals surface area (Å²) in [4.78, 5) is 0. The first-order chi connectivity index (χ1) is 10.0. The summed E-state index contributed by atoms with van der Waals surface area (Å²) in [5, 5.41) is 4.15. The molecule has 1 nitrogen and oxygen atoms in total. The van der Waals surface area contributed by atoms with Gasteiger partial charge < -0.3 is 5.32 Å². The molecule has 0 aliphatic carbocycles. The lowest BCUT2D eigenvalue weighted by molar-refractivity contribution is 0.526. The summed E-state index contributed by atoms with van der Waals surface area (Å²) < 4.78 is 14.9. The first-order valence-electron chi connectivity index (χ1n) is 6.94. The molecule has 2 aromatic carbocycles. The maximum atomic E-state index is 14.0. The first kappa shape index (κ1) is 16.5.